The Kier molecular flexibility index (Phi) is 5.29. The van der Waals surface area contributed by atoms with Gasteiger partial charge in [-0.1, -0.05) is 39.8 Å². The number of hydrogen-bond donors (Lipinski definition) is 2. The molecule has 1 aromatic rings. The van der Waals surface area contributed by atoms with Crippen molar-refractivity contribution in [2.45, 2.75) is 46.6 Å². The summed E-state index contributed by atoms with van der Waals surface area (Å²) in [5, 5.41) is 0. The molecule has 2 atom stereocenters. The number of nitrogens with one attached hydrogen (secondary N) is 1. The smallest absolute Gasteiger partial charge is 0.123 e. The van der Waals surface area contributed by atoms with Crippen LogP contribution in [0, 0.1) is 17.2 Å². The minimum atomic E-state index is -0.211. The average Bonchev–Trinajstić information content (AvgIpc) is 2.25. The Balaban J connectivity index is 2.64. The zero-order chi connectivity index (χ0) is 13.8. The fourth-order valence-electron chi connectivity index (χ4n) is 2.53. The van der Waals surface area contributed by atoms with E-state index in [1.54, 1.807) is 12.1 Å². The summed E-state index contributed by atoms with van der Waals surface area (Å²) >= 11 is 0. The number of hydrazine groups is 1. The van der Waals surface area contributed by atoms with E-state index in [0.717, 1.165) is 18.4 Å². The summed E-state index contributed by atoms with van der Waals surface area (Å²) in [5.41, 5.74) is 4.19. The van der Waals surface area contributed by atoms with Crippen molar-refractivity contribution in [2.75, 3.05) is 0 Å². The zero-order valence-corrected chi connectivity index (χ0v) is 11.8. The molecule has 2 nitrogen and oxygen atoms in total. The molecular weight excluding hydrogens is 227 g/mol. The molecule has 3 heteroatoms. The van der Waals surface area contributed by atoms with Gasteiger partial charge >= 0.3 is 0 Å². The first-order chi connectivity index (χ1) is 8.31. The maximum absolute atomic E-state index is 12.9. The van der Waals surface area contributed by atoms with Crippen LogP contribution in [0.5, 0.6) is 0 Å². The molecule has 0 aromatic heterocycles. The van der Waals surface area contributed by atoms with Crippen molar-refractivity contribution in [2.24, 2.45) is 17.2 Å². The molecular formula is C15H25FN2. The molecule has 0 aliphatic carbocycles. The minimum absolute atomic E-state index is 0.0861. The quantitative estimate of drug-likeness (QED) is 0.618. The van der Waals surface area contributed by atoms with Crippen LogP contribution < -0.4 is 11.3 Å². The second kappa shape index (κ2) is 6.30. The lowest BCUT2D eigenvalue weighted by Gasteiger charge is -2.26. The van der Waals surface area contributed by atoms with Crippen molar-refractivity contribution >= 4 is 0 Å². The maximum atomic E-state index is 12.9. The normalized spacial score (nSPS) is 15.4. The average molecular weight is 252 g/mol. The highest BCUT2D eigenvalue weighted by Crippen LogP contribution is 2.30. The van der Waals surface area contributed by atoms with Crippen LogP contribution in [0.3, 0.4) is 0 Å². The van der Waals surface area contributed by atoms with Gasteiger partial charge in [-0.25, -0.2) is 4.39 Å². The Morgan fingerprint density at radius 2 is 1.78 bits per heavy atom. The molecule has 0 saturated heterocycles. The molecule has 1 rings (SSSR count). The van der Waals surface area contributed by atoms with Crippen LogP contribution >= 0.6 is 0 Å². The van der Waals surface area contributed by atoms with Crippen LogP contribution in [0.2, 0.25) is 0 Å². The molecule has 3 N–H and O–H groups in total. The standard InChI is InChI=1S/C15H25FN2/c1-11(10-15(2,3)4)9-14(18-17)12-5-7-13(16)8-6-12/h5-8,11,14,18H,9-10,17H2,1-4H3. The lowest BCUT2D eigenvalue weighted by molar-refractivity contribution is 0.276. The van der Waals surface area contributed by atoms with Gasteiger partial charge in [-0.3, -0.25) is 11.3 Å². The first-order valence-electron chi connectivity index (χ1n) is 6.53. The monoisotopic (exact) mass is 252 g/mol. The summed E-state index contributed by atoms with van der Waals surface area (Å²) in [5.74, 6) is 5.97. The van der Waals surface area contributed by atoms with Crippen LogP contribution in [-0.4, -0.2) is 0 Å². The molecule has 102 valence electrons. The topological polar surface area (TPSA) is 38.0 Å². The van der Waals surface area contributed by atoms with Gasteiger partial charge in [0.25, 0.3) is 0 Å². The Bertz CT molecular complexity index is 354. The number of nitrogens with two attached hydrogens (primary N) is 1. The molecule has 0 fully saturated rings. The molecule has 18 heavy (non-hydrogen) atoms. The van der Waals surface area contributed by atoms with Gasteiger partial charge in [0.2, 0.25) is 0 Å². The van der Waals surface area contributed by atoms with Gasteiger partial charge in [-0.15, -0.1) is 0 Å². The third-order valence-electron chi connectivity index (χ3n) is 3.07. The molecule has 0 aliphatic rings. The van der Waals surface area contributed by atoms with Crippen LogP contribution in [0.4, 0.5) is 4.39 Å². The maximum Gasteiger partial charge on any atom is 0.123 e. The number of hydrogen-bond acceptors (Lipinski definition) is 2. The third-order valence-corrected chi connectivity index (χ3v) is 3.07. The highest BCUT2D eigenvalue weighted by molar-refractivity contribution is 5.19. The minimum Gasteiger partial charge on any atom is -0.271 e. The fraction of sp³-hybridized carbons (Fsp3) is 0.600. The highest BCUT2D eigenvalue weighted by atomic mass is 19.1. The summed E-state index contributed by atoms with van der Waals surface area (Å²) in [6, 6.07) is 6.64. The van der Waals surface area contributed by atoms with E-state index in [1.165, 1.54) is 12.1 Å². The van der Waals surface area contributed by atoms with E-state index in [4.69, 9.17) is 5.84 Å². The van der Waals surface area contributed by atoms with Crippen molar-refractivity contribution < 1.29 is 4.39 Å². The van der Waals surface area contributed by atoms with E-state index < -0.39 is 0 Å². The largest absolute Gasteiger partial charge is 0.271 e. The van der Waals surface area contributed by atoms with Crippen molar-refractivity contribution in [3.8, 4) is 0 Å². The molecule has 0 spiro atoms. The molecule has 2 unspecified atom stereocenters. The van der Waals surface area contributed by atoms with Crippen molar-refractivity contribution in [1.29, 1.82) is 0 Å². The summed E-state index contributed by atoms with van der Waals surface area (Å²) in [7, 11) is 0. The van der Waals surface area contributed by atoms with Gasteiger partial charge in [-0.05, 0) is 41.9 Å². The van der Waals surface area contributed by atoms with Crippen molar-refractivity contribution in [3.63, 3.8) is 0 Å². The molecule has 0 saturated carbocycles. The van der Waals surface area contributed by atoms with Gasteiger partial charge in [0.05, 0.1) is 0 Å². The molecule has 0 aliphatic heterocycles. The number of rotatable bonds is 5. The van der Waals surface area contributed by atoms with Gasteiger partial charge in [0, 0.05) is 6.04 Å². The van der Waals surface area contributed by atoms with Crippen molar-refractivity contribution in [1.82, 2.24) is 5.43 Å². The van der Waals surface area contributed by atoms with Gasteiger partial charge in [0.15, 0.2) is 0 Å². The molecule has 0 heterocycles. The second-order valence-electron chi connectivity index (χ2n) is 6.38. The van der Waals surface area contributed by atoms with Gasteiger partial charge < -0.3 is 0 Å². The summed E-state index contributed by atoms with van der Waals surface area (Å²) in [6.07, 6.45) is 2.10. The summed E-state index contributed by atoms with van der Waals surface area (Å²) in [6.45, 7) is 8.96. The first-order valence-corrected chi connectivity index (χ1v) is 6.53. The molecule has 0 amide bonds. The van der Waals surface area contributed by atoms with E-state index in [0.29, 0.717) is 11.3 Å². The summed E-state index contributed by atoms with van der Waals surface area (Å²) in [4.78, 5) is 0. The first kappa shape index (κ1) is 15.1. The predicted octanol–water partition coefficient (Wildman–Crippen LogP) is 3.79. The highest BCUT2D eigenvalue weighted by Gasteiger charge is 2.19. The Morgan fingerprint density at radius 3 is 2.22 bits per heavy atom. The van der Waals surface area contributed by atoms with Crippen LogP contribution in [0.15, 0.2) is 24.3 Å². The second-order valence-corrected chi connectivity index (χ2v) is 6.38. The lowest BCUT2D eigenvalue weighted by Crippen LogP contribution is -2.30. The lowest BCUT2D eigenvalue weighted by atomic mass is 9.82. The van der Waals surface area contributed by atoms with Crippen LogP contribution in [0.1, 0.15) is 52.1 Å². The van der Waals surface area contributed by atoms with E-state index >= 15 is 0 Å². The van der Waals surface area contributed by atoms with E-state index in [2.05, 4.69) is 33.1 Å². The van der Waals surface area contributed by atoms with E-state index in [9.17, 15) is 4.39 Å². The Morgan fingerprint density at radius 1 is 1.22 bits per heavy atom. The molecule has 1 aromatic carbocycles. The molecule has 0 bridgehead atoms. The SMILES string of the molecule is CC(CC(NN)c1ccc(F)cc1)CC(C)(C)C. The molecule has 0 radical (unpaired) electrons. The summed E-state index contributed by atoms with van der Waals surface area (Å²) < 4.78 is 12.9. The predicted molar refractivity (Wildman–Crippen MR) is 74.3 cm³/mol. The van der Waals surface area contributed by atoms with E-state index in [1.807, 2.05) is 0 Å². The Hall–Kier alpha value is -0.930. The van der Waals surface area contributed by atoms with E-state index in [-0.39, 0.29) is 11.9 Å². The number of benzene rings is 1. The number of halogens is 1. The van der Waals surface area contributed by atoms with Gasteiger partial charge in [0.1, 0.15) is 5.82 Å². The van der Waals surface area contributed by atoms with Gasteiger partial charge in [-0.2, -0.15) is 0 Å². The fourth-order valence-corrected chi connectivity index (χ4v) is 2.53. The Labute approximate surface area is 110 Å². The van der Waals surface area contributed by atoms with Crippen LogP contribution in [0.25, 0.3) is 0 Å². The van der Waals surface area contributed by atoms with Crippen LogP contribution in [-0.2, 0) is 0 Å². The zero-order valence-electron chi connectivity index (χ0n) is 11.8. The van der Waals surface area contributed by atoms with Crippen molar-refractivity contribution in [3.05, 3.63) is 35.6 Å². The third kappa shape index (κ3) is 5.15.